The maximum Gasteiger partial charge on any atom is 0.256 e. The first-order valence-corrected chi connectivity index (χ1v) is 7.36. The molecule has 4 rings (SSSR count). The monoisotopic (exact) mass is 300 g/mol. The van der Waals surface area contributed by atoms with E-state index in [4.69, 9.17) is 4.42 Å². The molecule has 0 unspecified atom stereocenters. The predicted molar refractivity (Wildman–Crippen MR) is 87.6 cm³/mol. The highest BCUT2D eigenvalue weighted by molar-refractivity contribution is 6.09. The van der Waals surface area contributed by atoms with Gasteiger partial charge in [-0.25, -0.2) is 4.98 Å². The quantitative estimate of drug-likeness (QED) is 0.504. The van der Waals surface area contributed by atoms with E-state index < -0.39 is 0 Å². The minimum atomic E-state index is 0.556. The van der Waals surface area contributed by atoms with Crippen LogP contribution in [-0.4, -0.2) is 4.98 Å². The lowest BCUT2D eigenvalue weighted by Gasteiger charge is -2.05. The second kappa shape index (κ2) is 4.92. The van der Waals surface area contributed by atoms with E-state index in [2.05, 4.69) is 30.1 Å². The van der Waals surface area contributed by atoms with Crippen LogP contribution in [0.2, 0.25) is 0 Å². The van der Waals surface area contributed by atoms with Gasteiger partial charge >= 0.3 is 0 Å². The number of aromatic nitrogens is 2. The third-order valence-corrected chi connectivity index (χ3v) is 4.15. The summed E-state index contributed by atoms with van der Waals surface area (Å²) >= 11 is 0. The van der Waals surface area contributed by atoms with Crippen molar-refractivity contribution in [1.82, 2.24) is 4.98 Å². The summed E-state index contributed by atoms with van der Waals surface area (Å²) in [4.78, 5) is 4.30. The molecule has 0 radical (unpaired) electrons. The van der Waals surface area contributed by atoms with Crippen LogP contribution in [0.3, 0.4) is 0 Å². The fourth-order valence-corrected chi connectivity index (χ4v) is 3.09. The van der Waals surface area contributed by atoms with E-state index in [0.29, 0.717) is 16.9 Å². The van der Waals surface area contributed by atoms with E-state index >= 15 is 0 Å². The van der Waals surface area contributed by atoms with E-state index in [1.54, 1.807) is 6.20 Å². The van der Waals surface area contributed by atoms with Crippen molar-refractivity contribution < 1.29 is 8.98 Å². The summed E-state index contributed by atoms with van der Waals surface area (Å²) in [5.74, 6) is 0. The van der Waals surface area contributed by atoms with Crippen molar-refractivity contribution in [3.63, 3.8) is 0 Å². The Bertz CT molecular complexity index is 1100. The zero-order valence-corrected chi connectivity index (χ0v) is 12.9. The number of nitrogens with zero attached hydrogens (tertiary/aromatic N) is 3. The maximum atomic E-state index is 9.53. The smallest absolute Gasteiger partial charge is 0.256 e. The van der Waals surface area contributed by atoms with E-state index in [-0.39, 0.29) is 0 Å². The van der Waals surface area contributed by atoms with E-state index in [0.717, 1.165) is 27.6 Å². The molecule has 0 aliphatic rings. The lowest BCUT2D eigenvalue weighted by molar-refractivity contribution is -0.659. The Morgan fingerprint density at radius 1 is 1.17 bits per heavy atom. The second-order valence-electron chi connectivity index (χ2n) is 5.59. The number of fused-ring (bicyclic) bond motifs is 3. The highest BCUT2D eigenvalue weighted by Crippen LogP contribution is 2.35. The molecule has 0 bridgehead atoms. The number of benzene rings is 1. The highest BCUT2D eigenvalue weighted by Gasteiger charge is 2.25. The number of hydrogen-bond acceptors (Lipinski definition) is 3. The SMILES string of the molecule is Cc1ccccc1-c1c2oc3ncccc3c2c(C#N)c[n+]1C. The zero-order chi connectivity index (χ0) is 16.0. The average Bonchev–Trinajstić information content (AvgIpc) is 2.94. The molecule has 0 fully saturated rings. The van der Waals surface area contributed by atoms with Crippen molar-refractivity contribution in [3.05, 3.63) is 59.9 Å². The maximum absolute atomic E-state index is 9.53. The average molecular weight is 300 g/mol. The Morgan fingerprint density at radius 3 is 2.78 bits per heavy atom. The topological polar surface area (TPSA) is 53.7 Å². The molecule has 0 saturated heterocycles. The molecule has 0 saturated carbocycles. The number of hydrogen-bond donors (Lipinski definition) is 0. The van der Waals surface area contributed by atoms with Crippen molar-refractivity contribution in [2.45, 2.75) is 6.92 Å². The fourth-order valence-electron chi connectivity index (χ4n) is 3.09. The molecule has 0 spiro atoms. The van der Waals surface area contributed by atoms with E-state index in [9.17, 15) is 5.26 Å². The Kier molecular flexibility index (Phi) is 2.88. The lowest BCUT2D eigenvalue weighted by atomic mass is 10.0. The molecule has 0 amide bonds. The summed E-state index contributed by atoms with van der Waals surface area (Å²) < 4.78 is 7.98. The Hall–Kier alpha value is -3.19. The van der Waals surface area contributed by atoms with Crippen molar-refractivity contribution in [1.29, 1.82) is 5.26 Å². The summed E-state index contributed by atoms with van der Waals surface area (Å²) in [5.41, 5.74) is 5.04. The number of aryl methyl sites for hydroxylation is 2. The summed E-state index contributed by atoms with van der Waals surface area (Å²) in [6.45, 7) is 2.07. The molecule has 0 N–H and O–H groups in total. The van der Waals surface area contributed by atoms with Crippen molar-refractivity contribution in [2.75, 3.05) is 0 Å². The Labute approximate surface area is 133 Å². The van der Waals surface area contributed by atoms with Gasteiger partial charge < -0.3 is 4.42 Å². The van der Waals surface area contributed by atoms with Crippen LogP contribution in [0.1, 0.15) is 11.1 Å². The molecule has 110 valence electrons. The highest BCUT2D eigenvalue weighted by atomic mass is 16.3. The van der Waals surface area contributed by atoms with Gasteiger partial charge in [-0.3, -0.25) is 0 Å². The first kappa shape index (κ1) is 13.5. The standard InChI is InChI=1S/C19H14N3O/c1-12-6-3-4-7-14(12)17-18-16(13(10-20)11-22(17)2)15-8-5-9-21-19(15)23-18/h3-9,11H,1-2H3/q+1. The van der Waals surface area contributed by atoms with E-state index in [1.807, 2.05) is 42.1 Å². The zero-order valence-electron chi connectivity index (χ0n) is 12.9. The van der Waals surface area contributed by atoms with Gasteiger partial charge in [0, 0.05) is 11.6 Å². The molecule has 23 heavy (non-hydrogen) atoms. The number of nitriles is 1. The Morgan fingerprint density at radius 2 is 2.00 bits per heavy atom. The first-order chi connectivity index (χ1) is 11.2. The molecule has 4 aromatic rings. The van der Waals surface area contributed by atoms with Gasteiger partial charge in [0.1, 0.15) is 18.7 Å². The van der Waals surface area contributed by atoms with Gasteiger partial charge in [-0.05, 0) is 30.7 Å². The fraction of sp³-hybridized carbons (Fsp3) is 0.105. The van der Waals surface area contributed by atoms with Crippen LogP contribution in [-0.2, 0) is 7.05 Å². The van der Waals surface area contributed by atoms with E-state index in [1.165, 1.54) is 0 Å². The van der Waals surface area contributed by atoms with Gasteiger partial charge in [0.05, 0.1) is 10.9 Å². The van der Waals surface area contributed by atoms with Gasteiger partial charge in [0.25, 0.3) is 5.69 Å². The van der Waals surface area contributed by atoms with Crippen LogP contribution < -0.4 is 4.57 Å². The van der Waals surface area contributed by atoms with Gasteiger partial charge in [0.15, 0.2) is 6.20 Å². The normalized spacial score (nSPS) is 11.0. The molecule has 0 aliphatic heterocycles. The third-order valence-electron chi connectivity index (χ3n) is 4.15. The summed E-state index contributed by atoms with van der Waals surface area (Å²) in [5, 5.41) is 11.2. The third kappa shape index (κ3) is 1.91. The van der Waals surface area contributed by atoms with Crippen LogP contribution >= 0.6 is 0 Å². The summed E-state index contributed by atoms with van der Waals surface area (Å²) in [6, 6.07) is 14.2. The largest absolute Gasteiger partial charge is 0.431 e. The van der Waals surface area contributed by atoms with Crippen molar-refractivity contribution in [3.8, 4) is 17.3 Å². The van der Waals surface area contributed by atoms with Gasteiger partial charge in [-0.1, -0.05) is 18.2 Å². The Balaban J connectivity index is 2.24. The lowest BCUT2D eigenvalue weighted by Crippen LogP contribution is -2.31. The molecule has 4 heteroatoms. The van der Waals surface area contributed by atoms with Crippen LogP contribution in [0, 0.1) is 18.3 Å². The number of furan rings is 1. The van der Waals surface area contributed by atoms with Crippen LogP contribution in [0.15, 0.2) is 53.2 Å². The van der Waals surface area contributed by atoms with Crippen LogP contribution in [0.5, 0.6) is 0 Å². The predicted octanol–water partition coefficient (Wildman–Crippen LogP) is 3.65. The summed E-state index contributed by atoms with van der Waals surface area (Å²) in [6.07, 6.45) is 3.55. The summed E-state index contributed by atoms with van der Waals surface area (Å²) in [7, 11) is 1.93. The molecule has 0 aliphatic carbocycles. The van der Waals surface area contributed by atoms with Gasteiger partial charge in [-0.15, -0.1) is 0 Å². The second-order valence-corrected chi connectivity index (χ2v) is 5.59. The minimum Gasteiger partial charge on any atom is -0.431 e. The first-order valence-electron chi connectivity index (χ1n) is 7.36. The molecule has 0 atom stereocenters. The molecule has 1 aromatic carbocycles. The molecular weight excluding hydrogens is 286 g/mol. The molecule has 3 aromatic heterocycles. The number of rotatable bonds is 1. The van der Waals surface area contributed by atoms with Gasteiger partial charge in [0.2, 0.25) is 11.3 Å². The minimum absolute atomic E-state index is 0.556. The van der Waals surface area contributed by atoms with Crippen molar-refractivity contribution >= 4 is 22.1 Å². The number of pyridine rings is 2. The molecule has 3 heterocycles. The van der Waals surface area contributed by atoms with Crippen LogP contribution in [0.25, 0.3) is 33.3 Å². The molecule has 4 nitrogen and oxygen atoms in total. The van der Waals surface area contributed by atoms with Gasteiger partial charge in [-0.2, -0.15) is 9.83 Å². The van der Waals surface area contributed by atoms with Crippen LogP contribution in [0.4, 0.5) is 0 Å². The van der Waals surface area contributed by atoms with Crippen molar-refractivity contribution in [2.24, 2.45) is 7.05 Å². The molecular formula is C19H14N3O+.